The van der Waals surface area contributed by atoms with Crippen LogP contribution in [0, 0.1) is 0 Å². The van der Waals surface area contributed by atoms with Crippen molar-refractivity contribution < 1.29 is 13.5 Å². The first-order valence-corrected chi connectivity index (χ1v) is 7.97. The molecule has 0 bridgehead atoms. The van der Waals surface area contributed by atoms with Gasteiger partial charge in [-0.15, -0.1) is 0 Å². The molecule has 4 nitrogen and oxygen atoms in total. The molecule has 0 aromatic heterocycles. The molecule has 17 heavy (non-hydrogen) atoms. The number of anilines is 1. The molecule has 1 aromatic rings. The summed E-state index contributed by atoms with van der Waals surface area (Å²) in [6, 6.07) is 5.54. The molecule has 0 heterocycles. The Bertz CT molecular complexity index is 487. The summed E-state index contributed by atoms with van der Waals surface area (Å²) in [6.45, 7) is 0.428. The Balaban J connectivity index is 2.76. The molecular formula is C11H16BrNO3S. The van der Waals surface area contributed by atoms with Crippen molar-refractivity contribution in [2.24, 2.45) is 0 Å². The second-order valence-electron chi connectivity index (χ2n) is 3.99. The molecule has 1 rings (SSSR count). The third-order valence-electron chi connectivity index (χ3n) is 2.45. The smallest absolute Gasteiger partial charge is 0.149 e. The average molecular weight is 322 g/mol. The van der Waals surface area contributed by atoms with Gasteiger partial charge in [0.05, 0.1) is 12.4 Å². The van der Waals surface area contributed by atoms with Gasteiger partial charge in [0.15, 0.2) is 0 Å². The predicted molar refractivity (Wildman–Crippen MR) is 73.0 cm³/mol. The van der Waals surface area contributed by atoms with E-state index in [4.69, 9.17) is 5.11 Å². The lowest BCUT2D eigenvalue weighted by atomic mass is 10.2. The quantitative estimate of drug-likeness (QED) is 0.891. The number of nitrogens with zero attached hydrogens (tertiary/aromatic N) is 1. The van der Waals surface area contributed by atoms with Crippen LogP contribution in [0.5, 0.6) is 0 Å². The van der Waals surface area contributed by atoms with Crippen LogP contribution in [-0.2, 0) is 16.4 Å². The molecule has 0 saturated carbocycles. The number of aliphatic hydroxyl groups excluding tert-OH is 1. The number of sulfone groups is 1. The summed E-state index contributed by atoms with van der Waals surface area (Å²) in [4.78, 5) is 1.87. The molecule has 0 amide bonds. The van der Waals surface area contributed by atoms with E-state index >= 15 is 0 Å². The van der Waals surface area contributed by atoms with Crippen molar-refractivity contribution in [2.75, 3.05) is 30.5 Å². The molecule has 0 atom stereocenters. The van der Waals surface area contributed by atoms with Crippen LogP contribution in [0.2, 0.25) is 0 Å². The van der Waals surface area contributed by atoms with E-state index in [1.54, 1.807) is 0 Å². The van der Waals surface area contributed by atoms with E-state index in [0.29, 0.717) is 6.54 Å². The third kappa shape index (κ3) is 4.65. The summed E-state index contributed by atoms with van der Waals surface area (Å²) in [5.41, 5.74) is 1.72. The van der Waals surface area contributed by atoms with Gasteiger partial charge in [-0.1, -0.05) is 22.0 Å². The Morgan fingerprint density at radius 2 is 2.06 bits per heavy atom. The number of hydrogen-bond donors (Lipinski definition) is 1. The SMILES string of the molecule is CN(CCS(C)(=O)=O)c1ccc(CO)c(Br)c1. The molecule has 0 saturated heterocycles. The maximum atomic E-state index is 11.1. The van der Waals surface area contributed by atoms with E-state index in [1.807, 2.05) is 30.1 Å². The van der Waals surface area contributed by atoms with Gasteiger partial charge in [-0.05, 0) is 17.7 Å². The first-order valence-electron chi connectivity index (χ1n) is 5.11. The van der Waals surface area contributed by atoms with Crippen LogP contribution in [0.3, 0.4) is 0 Å². The molecule has 0 aliphatic carbocycles. The van der Waals surface area contributed by atoms with E-state index < -0.39 is 9.84 Å². The van der Waals surface area contributed by atoms with E-state index in [1.165, 1.54) is 6.26 Å². The minimum atomic E-state index is -2.94. The van der Waals surface area contributed by atoms with Crippen molar-refractivity contribution in [1.82, 2.24) is 0 Å². The maximum Gasteiger partial charge on any atom is 0.149 e. The fourth-order valence-electron chi connectivity index (χ4n) is 1.33. The number of hydrogen-bond acceptors (Lipinski definition) is 4. The fourth-order valence-corrected chi connectivity index (χ4v) is 2.43. The van der Waals surface area contributed by atoms with Crippen LogP contribution >= 0.6 is 15.9 Å². The average Bonchev–Trinajstić information content (AvgIpc) is 2.24. The highest BCUT2D eigenvalue weighted by molar-refractivity contribution is 9.10. The molecule has 0 aliphatic heterocycles. The lowest BCUT2D eigenvalue weighted by Crippen LogP contribution is -2.24. The second-order valence-corrected chi connectivity index (χ2v) is 7.10. The molecule has 96 valence electrons. The summed E-state index contributed by atoms with van der Waals surface area (Å²) in [5.74, 6) is 0.128. The lowest BCUT2D eigenvalue weighted by molar-refractivity contribution is 0.281. The minimum Gasteiger partial charge on any atom is -0.392 e. The first-order chi connectivity index (χ1) is 7.83. The Kier molecular flexibility index (Phi) is 4.97. The Hall–Kier alpha value is -0.590. The third-order valence-corrected chi connectivity index (χ3v) is 4.11. The van der Waals surface area contributed by atoms with E-state index in [2.05, 4.69) is 15.9 Å². The van der Waals surface area contributed by atoms with Crippen molar-refractivity contribution in [3.05, 3.63) is 28.2 Å². The van der Waals surface area contributed by atoms with Crippen LogP contribution in [0.15, 0.2) is 22.7 Å². The van der Waals surface area contributed by atoms with Crippen LogP contribution < -0.4 is 4.90 Å². The topological polar surface area (TPSA) is 57.6 Å². The number of halogens is 1. The molecule has 0 spiro atoms. The van der Waals surface area contributed by atoms with Gasteiger partial charge in [-0.25, -0.2) is 8.42 Å². The van der Waals surface area contributed by atoms with Crippen molar-refractivity contribution >= 4 is 31.5 Å². The van der Waals surface area contributed by atoms with Gasteiger partial charge in [0.2, 0.25) is 0 Å². The zero-order chi connectivity index (χ0) is 13.1. The van der Waals surface area contributed by atoms with E-state index in [-0.39, 0.29) is 12.4 Å². The second kappa shape index (κ2) is 5.84. The van der Waals surface area contributed by atoms with Gasteiger partial charge in [0.1, 0.15) is 9.84 Å². The van der Waals surface area contributed by atoms with Gasteiger partial charge < -0.3 is 10.0 Å². The molecular weight excluding hydrogens is 306 g/mol. The van der Waals surface area contributed by atoms with E-state index in [9.17, 15) is 8.42 Å². The molecule has 0 radical (unpaired) electrons. The summed E-state index contributed by atoms with van der Waals surface area (Å²) < 4.78 is 23.0. The largest absolute Gasteiger partial charge is 0.392 e. The normalized spacial score (nSPS) is 11.5. The van der Waals surface area contributed by atoms with Crippen LogP contribution in [0.4, 0.5) is 5.69 Å². The molecule has 0 aliphatic rings. The van der Waals surface area contributed by atoms with Crippen LogP contribution in [-0.4, -0.2) is 39.1 Å². The van der Waals surface area contributed by atoms with Crippen molar-refractivity contribution in [3.8, 4) is 0 Å². The van der Waals surface area contributed by atoms with E-state index in [0.717, 1.165) is 15.7 Å². The van der Waals surface area contributed by atoms with Gasteiger partial charge in [0, 0.05) is 30.0 Å². The van der Waals surface area contributed by atoms with Crippen molar-refractivity contribution in [2.45, 2.75) is 6.61 Å². The Morgan fingerprint density at radius 1 is 1.41 bits per heavy atom. The van der Waals surface area contributed by atoms with Gasteiger partial charge in [-0.3, -0.25) is 0 Å². The number of benzene rings is 1. The lowest BCUT2D eigenvalue weighted by Gasteiger charge is -2.19. The predicted octanol–water partition coefficient (Wildman–Crippen LogP) is 1.42. The van der Waals surface area contributed by atoms with Gasteiger partial charge in [0.25, 0.3) is 0 Å². The molecule has 0 fully saturated rings. The summed E-state index contributed by atoms with van der Waals surface area (Å²) >= 11 is 3.36. The highest BCUT2D eigenvalue weighted by Crippen LogP contribution is 2.23. The van der Waals surface area contributed by atoms with Crippen molar-refractivity contribution in [3.63, 3.8) is 0 Å². The van der Waals surface area contributed by atoms with Crippen LogP contribution in [0.25, 0.3) is 0 Å². The first kappa shape index (κ1) is 14.5. The Labute approximate surface area is 110 Å². The zero-order valence-electron chi connectivity index (χ0n) is 9.85. The summed E-state index contributed by atoms with van der Waals surface area (Å²) in [6.07, 6.45) is 1.23. The van der Waals surface area contributed by atoms with Gasteiger partial charge >= 0.3 is 0 Å². The molecule has 6 heteroatoms. The highest BCUT2D eigenvalue weighted by atomic mass is 79.9. The van der Waals surface area contributed by atoms with Crippen molar-refractivity contribution in [1.29, 1.82) is 0 Å². The zero-order valence-corrected chi connectivity index (χ0v) is 12.3. The molecule has 0 unspecified atom stereocenters. The maximum absolute atomic E-state index is 11.1. The van der Waals surface area contributed by atoms with Crippen LogP contribution in [0.1, 0.15) is 5.56 Å². The molecule has 1 aromatic carbocycles. The summed E-state index contributed by atoms with van der Waals surface area (Å²) in [5, 5.41) is 9.04. The van der Waals surface area contributed by atoms with Gasteiger partial charge in [-0.2, -0.15) is 0 Å². The highest BCUT2D eigenvalue weighted by Gasteiger charge is 2.08. The number of rotatable bonds is 5. The number of aliphatic hydroxyl groups is 1. The molecule has 1 N–H and O–H groups in total. The summed E-state index contributed by atoms with van der Waals surface area (Å²) in [7, 11) is -1.10. The monoisotopic (exact) mass is 321 g/mol. The standard InChI is InChI=1S/C11H16BrNO3S/c1-13(5-6-17(2,15)16)10-4-3-9(8-14)11(12)7-10/h3-4,7,14H,5-6,8H2,1-2H3. The Morgan fingerprint density at radius 3 is 2.53 bits per heavy atom. The fraction of sp³-hybridized carbons (Fsp3) is 0.455. The minimum absolute atomic E-state index is 0.0199.